The third kappa shape index (κ3) is 8.35. The van der Waals surface area contributed by atoms with Gasteiger partial charge in [0.2, 0.25) is 0 Å². The number of rotatable bonds is 13. The van der Waals surface area contributed by atoms with Gasteiger partial charge in [0.15, 0.2) is 0 Å². The Labute approximate surface area is 217 Å². The monoisotopic (exact) mass is 550 g/mol. The van der Waals surface area contributed by atoms with Gasteiger partial charge < -0.3 is 14.6 Å². The molecule has 0 aliphatic rings. The molecule has 0 aliphatic heterocycles. The minimum atomic E-state index is -4.16. The minimum Gasteiger partial charge on any atom is -0.497 e. The molecule has 0 aromatic heterocycles. The Hall–Kier alpha value is -2.80. The van der Waals surface area contributed by atoms with Gasteiger partial charge in [-0.15, -0.1) is 0 Å². The maximum Gasteiger partial charge on any atom is 0.297 e. The van der Waals surface area contributed by atoms with Gasteiger partial charge in [-0.25, -0.2) is 0 Å². The average molecular weight is 551 g/mol. The van der Waals surface area contributed by atoms with Crippen LogP contribution < -0.4 is 4.74 Å². The summed E-state index contributed by atoms with van der Waals surface area (Å²) >= 11 is 0. The zero-order chi connectivity index (χ0) is 27.1. The molecule has 3 rings (SSSR count). The fourth-order valence-electron chi connectivity index (χ4n) is 3.16. The van der Waals surface area contributed by atoms with Gasteiger partial charge in [0.1, 0.15) is 18.0 Å². The van der Waals surface area contributed by atoms with Gasteiger partial charge >= 0.3 is 0 Å². The van der Waals surface area contributed by atoms with E-state index in [1.54, 1.807) is 48.5 Å². The molecule has 3 aromatic rings. The number of ether oxygens (including phenoxy) is 2. The molecular weight excluding hydrogens is 520 g/mol. The van der Waals surface area contributed by atoms with Crippen molar-refractivity contribution in [1.29, 1.82) is 0 Å². The van der Waals surface area contributed by atoms with Gasteiger partial charge in [-0.05, 0) is 55.8 Å². The summed E-state index contributed by atoms with van der Waals surface area (Å²) in [6.07, 6.45) is -2.75. The summed E-state index contributed by atoms with van der Waals surface area (Å²) in [7, 11) is -6.78. The zero-order valence-corrected chi connectivity index (χ0v) is 22.4. The van der Waals surface area contributed by atoms with E-state index in [9.17, 15) is 21.9 Å². The molecule has 0 amide bonds. The molecule has 200 valence electrons. The number of aryl methyl sites for hydroxylation is 2. The molecule has 0 bridgehead atoms. The summed E-state index contributed by atoms with van der Waals surface area (Å²) in [5, 5.41) is 10.7. The average Bonchev–Trinajstić information content (AvgIpc) is 2.88. The number of aliphatic hydroxyl groups excluding tert-OH is 1. The summed E-state index contributed by atoms with van der Waals surface area (Å²) in [5.74, 6) is 0.641. The van der Waals surface area contributed by atoms with Gasteiger partial charge in [0.25, 0.3) is 20.2 Å². The van der Waals surface area contributed by atoms with Crippen LogP contribution in [0.15, 0.2) is 82.6 Å². The first-order chi connectivity index (χ1) is 17.5. The summed E-state index contributed by atoms with van der Waals surface area (Å²) in [5.41, 5.74) is 2.47. The second-order valence-electron chi connectivity index (χ2n) is 8.37. The Morgan fingerprint density at radius 2 is 1.16 bits per heavy atom. The Bertz CT molecular complexity index is 1350. The number of hydrogen-bond donors (Lipinski definition) is 1. The van der Waals surface area contributed by atoms with Gasteiger partial charge in [0.05, 0.1) is 36.7 Å². The van der Waals surface area contributed by atoms with Crippen molar-refractivity contribution in [2.75, 3.05) is 20.3 Å². The van der Waals surface area contributed by atoms with Crippen molar-refractivity contribution in [1.82, 2.24) is 0 Å². The number of hydrogen-bond acceptors (Lipinski definition) is 9. The van der Waals surface area contributed by atoms with Crippen molar-refractivity contribution in [3.63, 3.8) is 0 Å². The fourth-order valence-corrected chi connectivity index (χ4v) is 5.01. The van der Waals surface area contributed by atoms with Crippen LogP contribution in [0.3, 0.4) is 0 Å². The molecule has 9 nitrogen and oxygen atoms in total. The standard InChI is InChI=1S/C26H30O9S2/c1-19-4-12-23(13-5-19)36(28,29)34-17-25(27)26(33-16-21-8-10-22(32-3)11-9-21)18-35-37(30,31)24-14-6-20(2)7-15-24/h4-15,25-27H,16-18H2,1-3H3/t25-,26-/m1/s1. The molecule has 0 fully saturated rings. The molecule has 0 aliphatic carbocycles. The first-order valence-corrected chi connectivity index (χ1v) is 14.2. The van der Waals surface area contributed by atoms with Crippen LogP contribution in [0.2, 0.25) is 0 Å². The number of benzene rings is 3. The van der Waals surface area contributed by atoms with Crippen LogP contribution in [0.25, 0.3) is 0 Å². The minimum absolute atomic E-state index is 0.00955. The normalized spacial score (nSPS) is 13.7. The molecule has 0 saturated heterocycles. The van der Waals surface area contributed by atoms with Crippen LogP contribution in [0.4, 0.5) is 0 Å². The van der Waals surface area contributed by atoms with Gasteiger partial charge in [-0.3, -0.25) is 8.37 Å². The molecule has 0 heterocycles. The van der Waals surface area contributed by atoms with Crippen molar-refractivity contribution in [3.8, 4) is 5.75 Å². The molecule has 0 saturated carbocycles. The van der Waals surface area contributed by atoms with E-state index in [4.69, 9.17) is 17.8 Å². The fraction of sp³-hybridized carbons (Fsp3) is 0.308. The van der Waals surface area contributed by atoms with Gasteiger partial charge in [-0.2, -0.15) is 16.8 Å². The van der Waals surface area contributed by atoms with E-state index in [0.717, 1.165) is 11.1 Å². The molecule has 11 heteroatoms. The topological polar surface area (TPSA) is 125 Å². The highest BCUT2D eigenvalue weighted by Gasteiger charge is 2.27. The van der Waals surface area contributed by atoms with E-state index in [-0.39, 0.29) is 16.4 Å². The van der Waals surface area contributed by atoms with Crippen molar-refractivity contribution in [2.24, 2.45) is 0 Å². The quantitative estimate of drug-likeness (QED) is 0.319. The molecule has 0 radical (unpaired) electrons. The predicted octanol–water partition coefficient (Wildman–Crippen LogP) is 3.37. The van der Waals surface area contributed by atoms with Crippen LogP contribution in [-0.4, -0.2) is 54.5 Å². The maximum absolute atomic E-state index is 12.6. The second kappa shape index (κ2) is 12.6. The van der Waals surface area contributed by atoms with Gasteiger partial charge in [-0.1, -0.05) is 47.5 Å². The lowest BCUT2D eigenvalue weighted by molar-refractivity contribution is -0.0770. The lowest BCUT2D eigenvalue weighted by Gasteiger charge is -2.23. The SMILES string of the molecule is COc1ccc(CO[C@H](COS(=O)(=O)c2ccc(C)cc2)[C@H](O)COS(=O)(=O)c2ccc(C)cc2)cc1. The Kier molecular flexibility index (Phi) is 9.82. The Morgan fingerprint density at radius 1 is 0.703 bits per heavy atom. The largest absolute Gasteiger partial charge is 0.497 e. The van der Waals surface area contributed by atoms with E-state index in [1.807, 2.05) is 13.8 Å². The molecule has 2 atom stereocenters. The van der Waals surface area contributed by atoms with E-state index >= 15 is 0 Å². The molecule has 3 aromatic carbocycles. The van der Waals surface area contributed by atoms with Crippen LogP contribution in [-0.2, 0) is 39.9 Å². The highest BCUT2D eigenvalue weighted by atomic mass is 32.2. The molecule has 37 heavy (non-hydrogen) atoms. The highest BCUT2D eigenvalue weighted by molar-refractivity contribution is 7.87. The van der Waals surface area contributed by atoms with Crippen molar-refractivity contribution in [2.45, 2.75) is 42.5 Å². The van der Waals surface area contributed by atoms with Crippen LogP contribution in [0.1, 0.15) is 16.7 Å². The van der Waals surface area contributed by atoms with Crippen LogP contribution in [0.5, 0.6) is 5.75 Å². The molecule has 0 spiro atoms. The summed E-state index contributed by atoms with van der Waals surface area (Å²) in [4.78, 5) is -0.126. The second-order valence-corrected chi connectivity index (χ2v) is 11.6. The predicted molar refractivity (Wildman–Crippen MR) is 136 cm³/mol. The lowest BCUT2D eigenvalue weighted by Crippen LogP contribution is -2.38. The Balaban J connectivity index is 1.71. The number of methoxy groups -OCH3 is 1. The van der Waals surface area contributed by atoms with Crippen molar-refractivity contribution in [3.05, 3.63) is 89.5 Å². The Morgan fingerprint density at radius 3 is 1.62 bits per heavy atom. The smallest absolute Gasteiger partial charge is 0.297 e. The molecular formula is C26H30O9S2. The molecule has 1 N–H and O–H groups in total. The number of aliphatic hydroxyl groups is 1. The van der Waals surface area contributed by atoms with Crippen molar-refractivity contribution >= 4 is 20.2 Å². The first-order valence-electron chi connectivity index (χ1n) is 11.3. The zero-order valence-electron chi connectivity index (χ0n) is 20.7. The first kappa shape index (κ1) is 28.8. The summed E-state index contributed by atoms with van der Waals surface area (Å²) in [6, 6.07) is 19.0. The lowest BCUT2D eigenvalue weighted by atomic mass is 10.2. The van der Waals surface area contributed by atoms with Crippen LogP contribution >= 0.6 is 0 Å². The van der Waals surface area contributed by atoms with Crippen LogP contribution in [0, 0.1) is 13.8 Å². The summed E-state index contributed by atoms with van der Waals surface area (Å²) in [6.45, 7) is 2.39. The van der Waals surface area contributed by atoms with E-state index < -0.39 is 45.7 Å². The maximum atomic E-state index is 12.6. The van der Waals surface area contributed by atoms with Crippen molar-refractivity contribution < 1.29 is 39.8 Å². The van der Waals surface area contributed by atoms with E-state index in [1.165, 1.54) is 31.4 Å². The molecule has 0 unspecified atom stereocenters. The highest BCUT2D eigenvalue weighted by Crippen LogP contribution is 2.19. The summed E-state index contributed by atoms with van der Waals surface area (Å²) < 4.78 is 71.4. The van der Waals surface area contributed by atoms with E-state index in [2.05, 4.69) is 0 Å². The van der Waals surface area contributed by atoms with Gasteiger partial charge in [0, 0.05) is 0 Å². The third-order valence-corrected chi connectivity index (χ3v) is 8.04. The van der Waals surface area contributed by atoms with E-state index in [0.29, 0.717) is 11.3 Å². The third-order valence-electron chi connectivity index (χ3n) is 5.45.